The van der Waals surface area contributed by atoms with E-state index in [0.29, 0.717) is 0 Å². The van der Waals surface area contributed by atoms with Crippen LogP contribution in [0.2, 0.25) is 0 Å². The number of nitrogens with two attached hydrogens (primary N) is 1. The second kappa shape index (κ2) is 32.6. The number of hydrogen-bond acceptors (Lipinski definition) is 34. The van der Waals surface area contributed by atoms with Crippen molar-refractivity contribution in [2.45, 2.75) is 108 Å². The van der Waals surface area contributed by atoms with Crippen LogP contribution in [0.25, 0.3) is 49.3 Å². The highest BCUT2D eigenvalue weighted by atomic mass is 32.1. The Labute approximate surface area is 640 Å². The lowest BCUT2D eigenvalue weighted by molar-refractivity contribution is -0.280. The number of thiazole rings is 5. The number of cyclic esters (lactones) is 2. The van der Waals surface area contributed by atoms with Gasteiger partial charge in [-0.1, -0.05) is 18.7 Å². The van der Waals surface area contributed by atoms with Crippen molar-refractivity contribution in [3.63, 3.8) is 0 Å². The number of ether oxygens (including phenoxy) is 7. The number of phosphoric acid groups is 2. The third kappa shape index (κ3) is 17.5. The molecule has 1 saturated heterocycles. The number of allylic oxidation sites excluding steroid dienone is 1. The summed E-state index contributed by atoms with van der Waals surface area (Å²) in [7, 11) is -5.86. The predicted octanol–water partition coefficient (Wildman–Crippen LogP) is 2.89. The number of phosphoric ester groups is 2. The highest BCUT2D eigenvalue weighted by molar-refractivity contribution is 7.46. The predicted molar refractivity (Wildman–Crippen MR) is 384 cm³/mol. The van der Waals surface area contributed by atoms with E-state index < -0.39 is 168 Å². The van der Waals surface area contributed by atoms with Crippen LogP contribution in [-0.4, -0.2) is 206 Å². The van der Waals surface area contributed by atoms with Crippen molar-refractivity contribution in [2.24, 2.45) is 5.73 Å². The van der Waals surface area contributed by atoms with Crippen molar-refractivity contribution in [1.82, 2.24) is 66.1 Å². The molecule has 13 N–H and O–H groups in total. The van der Waals surface area contributed by atoms with Gasteiger partial charge in [0.2, 0.25) is 12.7 Å². The lowest BCUT2D eigenvalue weighted by atomic mass is 9.85. The van der Waals surface area contributed by atoms with Gasteiger partial charge in [0.1, 0.15) is 114 Å². The number of aromatic nitrogens is 7. The van der Waals surface area contributed by atoms with Crippen molar-refractivity contribution in [3.8, 4) is 38.4 Å². The Morgan fingerprint density at radius 1 is 0.827 bits per heavy atom. The number of pyridine rings is 1. The van der Waals surface area contributed by atoms with E-state index in [1.165, 1.54) is 72.1 Å². The van der Waals surface area contributed by atoms with E-state index in [1.807, 2.05) is 0 Å². The zero-order valence-corrected chi connectivity index (χ0v) is 64.2. The van der Waals surface area contributed by atoms with E-state index in [-0.39, 0.29) is 116 Å². The second-order valence-electron chi connectivity index (χ2n) is 25.0. The number of carbonyl (C=O) groups is 8. The van der Waals surface area contributed by atoms with Crippen LogP contribution in [-0.2, 0) is 74.2 Å². The van der Waals surface area contributed by atoms with Gasteiger partial charge in [0.05, 0.1) is 48.8 Å². The van der Waals surface area contributed by atoms with Gasteiger partial charge >= 0.3 is 27.6 Å². The average Bonchev–Trinajstić information content (AvgIpc) is 1.60. The van der Waals surface area contributed by atoms with Crippen LogP contribution in [0.3, 0.4) is 0 Å². The maximum Gasteiger partial charge on any atom is 0.472 e. The van der Waals surface area contributed by atoms with Crippen molar-refractivity contribution in [2.75, 3.05) is 41.4 Å². The Kier molecular flexibility index (Phi) is 23.7. The minimum Gasteiger partial charge on any atom is -0.499 e. The van der Waals surface area contributed by atoms with E-state index in [2.05, 4.69) is 52.6 Å². The third-order valence-corrected chi connectivity index (χ3v) is 22.5. The van der Waals surface area contributed by atoms with Crippen LogP contribution in [0.1, 0.15) is 125 Å². The molecule has 4 aliphatic rings. The van der Waals surface area contributed by atoms with Gasteiger partial charge in [-0.15, -0.1) is 56.7 Å². The number of carbonyl (C=O) groups excluding carboxylic acids is 8. The molecule has 0 aliphatic carbocycles. The molecule has 7 aromatic heterocycles. The van der Waals surface area contributed by atoms with E-state index in [1.54, 1.807) is 32.8 Å². The van der Waals surface area contributed by atoms with Crippen LogP contribution in [0.5, 0.6) is 5.75 Å². The maximum absolute atomic E-state index is 15.6. The maximum atomic E-state index is 15.6. The van der Waals surface area contributed by atoms with E-state index in [9.17, 15) is 58.1 Å². The first-order valence-electron chi connectivity index (χ1n) is 32.3. The fraction of sp³-hybridized carbons (Fsp3) is 0.365. The van der Waals surface area contributed by atoms with E-state index >= 15 is 19.2 Å². The molecule has 47 heteroatoms. The summed E-state index contributed by atoms with van der Waals surface area (Å²) in [5, 5.41) is 42.4. The van der Waals surface area contributed by atoms with Gasteiger partial charge < -0.3 is 105 Å². The van der Waals surface area contributed by atoms with Gasteiger partial charge in [-0.2, -0.15) is 4.73 Å². The summed E-state index contributed by atoms with van der Waals surface area (Å²) in [5.74, 6) is -8.96. The number of hydrogen-bond donors (Lipinski definition) is 12. The van der Waals surface area contributed by atoms with Gasteiger partial charge in [0.15, 0.2) is 30.6 Å². The van der Waals surface area contributed by atoms with Crippen molar-refractivity contribution >= 4 is 136 Å². The number of methoxy groups -OCH3 is 1. The van der Waals surface area contributed by atoms with Crippen LogP contribution < -0.4 is 41.9 Å². The summed E-state index contributed by atoms with van der Waals surface area (Å²) in [6.07, 6.45) is -8.13. The normalized spacial score (nSPS) is 23.0. The van der Waals surface area contributed by atoms with Crippen LogP contribution >= 0.6 is 72.3 Å². The molecule has 0 radical (unpaired) electrons. The first-order chi connectivity index (χ1) is 52.0. The van der Waals surface area contributed by atoms with Crippen molar-refractivity contribution in [3.05, 3.63) is 124 Å². The minimum atomic E-state index is -5.32. The molecule has 110 heavy (non-hydrogen) atoms. The topological polar surface area (TPSA) is 556 Å². The minimum absolute atomic E-state index is 0.00657. The molecule has 10 atom stereocenters. The highest BCUT2D eigenvalue weighted by Gasteiger charge is 2.50. The number of likely N-dealkylation sites (N-methyl/N-ethyl adjacent to an activating group) is 1. The summed E-state index contributed by atoms with van der Waals surface area (Å²) < 4.78 is 78.2. The SMILES string of the molecule is C=C(NC(=O)c1csc(-c2nc3c(cc2OCOP(=O)(O)O)-c2nc(cs2)C(=O)NC(C(C)O)C(=O)N/C(=C(\C)OC)c2nc(cs2)C(=O)NC2c4nc(cs4)C(=O)NC(COC(=O)c4c5c6c(cccc6n4OCOP(=O)(O)O)COC(=O)C(OC4CC(C)(O)C(N(C)C)C(C)O4)C2OC5)c2nc-3cs2)n1)C(N)=O. The molecular formula is C63H66N14O26P2S5. The van der Waals surface area contributed by atoms with E-state index in [4.69, 9.17) is 63.2 Å². The first kappa shape index (κ1) is 80.2. The molecule has 1 aromatic carbocycles. The van der Waals surface area contributed by atoms with Crippen LogP contribution in [0.15, 0.2) is 69.2 Å². The molecular weight excluding hydrogens is 1590 g/mol. The quantitative estimate of drug-likeness (QED) is 0.0205. The number of rotatable bonds is 17. The molecule has 12 rings (SSSR count). The fourth-order valence-corrected chi connectivity index (χ4v) is 16.8. The zero-order valence-electron chi connectivity index (χ0n) is 58.3. The van der Waals surface area contributed by atoms with Gasteiger partial charge in [0.25, 0.3) is 29.5 Å². The van der Waals surface area contributed by atoms with Gasteiger partial charge in [-0.05, 0) is 59.5 Å². The smallest absolute Gasteiger partial charge is 0.472 e. The van der Waals surface area contributed by atoms with E-state index in [0.717, 1.165) is 61.4 Å². The number of esters is 2. The number of benzene rings is 1. The highest BCUT2D eigenvalue weighted by Crippen LogP contribution is 2.45. The molecule has 1 fully saturated rings. The van der Waals surface area contributed by atoms with Crippen molar-refractivity contribution in [1.29, 1.82) is 0 Å². The molecule has 10 unspecified atom stereocenters. The van der Waals surface area contributed by atoms with Crippen LogP contribution in [0, 0.1) is 0 Å². The third-order valence-electron chi connectivity index (χ3n) is 17.1. The number of nitrogens with zero attached hydrogens (tertiary/aromatic N) is 8. The Balaban J connectivity index is 1.08. The molecule has 0 spiro atoms. The monoisotopic (exact) mass is 1660 g/mol. The number of aliphatic hydroxyl groups is 2. The number of amides is 6. The largest absolute Gasteiger partial charge is 0.499 e. The Hall–Kier alpha value is -9.32. The van der Waals surface area contributed by atoms with Gasteiger partial charge in [-0.25, -0.2) is 57.7 Å². The molecule has 40 nitrogen and oxygen atoms in total. The Bertz CT molecular complexity index is 5120. The molecule has 0 saturated carbocycles. The van der Waals surface area contributed by atoms with Crippen molar-refractivity contribution < 1.29 is 124 Å². The Morgan fingerprint density at radius 3 is 2.16 bits per heavy atom. The second-order valence-corrected chi connectivity index (χ2v) is 31.9. The standard InChI is InChI=1S/C63H66N14O26P2S5/c1-24(50(64)79)65-51(80)33-19-109-59(70-33)44-38(98-22-100-104(88,89)90)12-29-43(72-44)32-17-107-57(67-32)31-16-97-61(85)46-30-15-95-47(48(103-39-13-63(5,87)49(76(6)7)27(4)102-39)62(86)96-14-28-10-9-11-37(40(28)30)77(46)99-23-101-105(91,92)93)45(60-71-34(20-110-60)52(81)66-31)75-54(83)36-21-108-58(69-36)42(26(3)94-8)74-55(84)41(25(2)78)73-53(82)35-18-106-56(29)68-35/h9-12,17-21,25,27,31,39,41,45,47-49,78,87H,1,13-16,22-23H2,2-8H3,(H2,64,79)(H,65,80)(H,66,81)(H,73,82)(H,74,84)(H,75,83)(H2,88,89,90)(H2,91,92,93)/b42-26+. The average molecular weight is 1660 g/mol. The van der Waals surface area contributed by atoms with Gasteiger partial charge in [-0.3, -0.25) is 28.8 Å². The summed E-state index contributed by atoms with van der Waals surface area (Å²) >= 11 is 4.00. The lowest BCUT2D eigenvalue weighted by Gasteiger charge is -2.48. The molecule has 11 heterocycles. The molecule has 4 aliphatic heterocycles. The first-order valence-corrected chi connectivity index (χ1v) is 39.8. The molecule has 12 bridgehead atoms. The summed E-state index contributed by atoms with van der Waals surface area (Å²) in [6, 6.07) is -0.0631. The summed E-state index contributed by atoms with van der Waals surface area (Å²) in [6.45, 7) is 4.67. The lowest BCUT2D eigenvalue weighted by Crippen LogP contribution is -2.62. The fourth-order valence-electron chi connectivity index (χ4n) is 12.3. The number of nitrogens with one attached hydrogen (secondary N) is 5. The summed E-state index contributed by atoms with van der Waals surface area (Å²) in [4.78, 5) is 191. The number of fused-ring (bicyclic) bond motifs is 15. The van der Waals surface area contributed by atoms with Crippen LogP contribution in [0.4, 0.5) is 0 Å². The number of aliphatic hydroxyl groups excluding tert-OH is 1. The summed E-state index contributed by atoms with van der Waals surface area (Å²) in [5.41, 5.74) is 0.513. The number of primary amides is 1. The molecule has 6 amide bonds. The van der Waals surface area contributed by atoms with Gasteiger partial charge in [0, 0.05) is 49.8 Å². The molecule has 584 valence electrons. The Morgan fingerprint density at radius 2 is 1.47 bits per heavy atom. The molecule has 8 aromatic rings. The zero-order chi connectivity index (χ0) is 79.2.